The Balaban J connectivity index is 1.64. The molecule has 0 spiro atoms. The second-order valence-electron chi connectivity index (χ2n) is 10.9. The number of alkyl halides is 6. The Bertz CT molecular complexity index is 1820. The van der Waals surface area contributed by atoms with Gasteiger partial charge in [0.2, 0.25) is 0 Å². The maximum Gasteiger partial charge on any atom is 0.430 e. The largest absolute Gasteiger partial charge is 0.488 e. The molecule has 48 heavy (non-hydrogen) atoms. The molecule has 0 fully saturated rings. The van der Waals surface area contributed by atoms with Gasteiger partial charge in [-0.15, -0.1) is 0 Å². The minimum absolute atomic E-state index is 0.0173. The topological polar surface area (TPSA) is 110 Å². The van der Waals surface area contributed by atoms with Crippen LogP contribution in [0.25, 0.3) is 0 Å². The summed E-state index contributed by atoms with van der Waals surface area (Å²) in [5.74, 6) is -0.241. The maximum atomic E-state index is 13.5. The Kier molecular flexibility index (Phi) is 10.9. The van der Waals surface area contributed by atoms with Crippen LogP contribution < -0.4 is 9.47 Å². The number of aliphatic hydroxyl groups is 1. The van der Waals surface area contributed by atoms with Crippen molar-refractivity contribution in [1.82, 2.24) is 0 Å². The minimum atomic E-state index is -6.05. The van der Waals surface area contributed by atoms with Gasteiger partial charge in [-0.2, -0.15) is 34.8 Å². The van der Waals surface area contributed by atoms with Crippen LogP contribution in [-0.4, -0.2) is 36.2 Å². The van der Waals surface area contributed by atoms with Crippen LogP contribution in [0.1, 0.15) is 52.4 Å². The smallest absolute Gasteiger partial charge is 0.430 e. The van der Waals surface area contributed by atoms with E-state index >= 15 is 0 Å². The molecule has 0 aliphatic rings. The number of rotatable bonds is 13. The molecule has 0 heterocycles. The van der Waals surface area contributed by atoms with Crippen molar-refractivity contribution in [2.75, 3.05) is 0 Å². The van der Waals surface area contributed by atoms with E-state index in [4.69, 9.17) is 9.47 Å². The highest BCUT2D eigenvalue weighted by atomic mass is 32.2. The third-order valence-electron chi connectivity index (χ3n) is 7.40. The second kappa shape index (κ2) is 14.4. The van der Waals surface area contributed by atoms with Gasteiger partial charge in [-0.3, -0.25) is 9.35 Å². The molecule has 256 valence electrons. The van der Waals surface area contributed by atoms with Crippen molar-refractivity contribution in [1.29, 1.82) is 0 Å². The van der Waals surface area contributed by atoms with Gasteiger partial charge in [0, 0.05) is 18.1 Å². The predicted molar refractivity (Wildman–Crippen MR) is 163 cm³/mol. The molecule has 0 unspecified atom stereocenters. The van der Waals surface area contributed by atoms with Crippen molar-refractivity contribution in [3.05, 3.63) is 119 Å². The molecular formula is C34H30F6O7S. The van der Waals surface area contributed by atoms with E-state index in [0.29, 0.717) is 24.1 Å². The van der Waals surface area contributed by atoms with Crippen molar-refractivity contribution in [2.45, 2.75) is 62.1 Å². The molecule has 4 aromatic rings. The van der Waals surface area contributed by atoms with Gasteiger partial charge < -0.3 is 14.6 Å². The fourth-order valence-electron chi connectivity index (χ4n) is 4.86. The number of halogens is 6. The first-order chi connectivity index (χ1) is 22.4. The van der Waals surface area contributed by atoms with Gasteiger partial charge in [0.05, 0.1) is 10.5 Å². The summed E-state index contributed by atoms with van der Waals surface area (Å²) in [6, 6.07) is 20.5. The van der Waals surface area contributed by atoms with Gasteiger partial charge in [0.15, 0.2) is 5.78 Å². The highest BCUT2D eigenvalue weighted by molar-refractivity contribution is 7.85. The van der Waals surface area contributed by atoms with E-state index in [1.54, 1.807) is 37.3 Å². The second-order valence-corrected chi connectivity index (χ2v) is 12.3. The van der Waals surface area contributed by atoms with E-state index in [0.717, 1.165) is 11.6 Å². The molecular weight excluding hydrogens is 666 g/mol. The van der Waals surface area contributed by atoms with E-state index in [-0.39, 0.29) is 64.9 Å². The van der Waals surface area contributed by atoms with Crippen LogP contribution in [0, 0.1) is 0 Å². The fourth-order valence-corrected chi connectivity index (χ4v) is 5.34. The molecule has 14 heteroatoms. The third kappa shape index (κ3) is 8.35. The summed E-state index contributed by atoms with van der Waals surface area (Å²) in [4.78, 5) is 13.0. The zero-order chi connectivity index (χ0) is 35.3. The highest BCUT2D eigenvalue weighted by Gasteiger charge is 2.71. The number of ether oxygens (including phenoxy) is 2. The Morgan fingerprint density at radius 3 is 2.00 bits per heavy atom. The number of Topliss-reactive ketones (excluding diaryl/α,β-unsaturated/α-hetero) is 1. The normalized spacial score (nSPS) is 12.5. The summed E-state index contributed by atoms with van der Waals surface area (Å²) in [6.07, 6.45) is -11.5. The van der Waals surface area contributed by atoms with Gasteiger partial charge in [0.25, 0.3) is 15.7 Å². The number of carbonyl (C=O) groups is 1. The lowest BCUT2D eigenvalue weighted by Crippen LogP contribution is -2.53. The molecule has 0 saturated carbocycles. The molecule has 0 amide bonds. The van der Waals surface area contributed by atoms with E-state index in [1.807, 2.05) is 0 Å². The lowest BCUT2D eigenvalue weighted by Gasteiger charge is -2.33. The van der Waals surface area contributed by atoms with E-state index in [9.17, 15) is 49.2 Å². The van der Waals surface area contributed by atoms with E-state index in [2.05, 4.69) is 0 Å². The number of benzene rings is 4. The molecule has 7 nitrogen and oxygen atoms in total. The van der Waals surface area contributed by atoms with Crippen LogP contribution in [0.5, 0.6) is 17.2 Å². The zero-order valence-corrected chi connectivity index (χ0v) is 26.1. The molecule has 0 saturated heterocycles. The quantitative estimate of drug-likeness (QED) is 0.0821. The predicted octanol–water partition coefficient (Wildman–Crippen LogP) is 8.38. The Labute approximate surface area is 272 Å². The van der Waals surface area contributed by atoms with E-state index < -0.39 is 33.6 Å². The van der Waals surface area contributed by atoms with Crippen molar-refractivity contribution in [3.63, 3.8) is 0 Å². The molecule has 0 atom stereocenters. The molecule has 0 aliphatic carbocycles. The van der Waals surface area contributed by atoms with Gasteiger partial charge in [0.1, 0.15) is 23.9 Å². The number of hydrogen-bond acceptors (Lipinski definition) is 6. The number of carbonyl (C=O) groups excluding carboxylic acids is 1. The van der Waals surface area contributed by atoms with Gasteiger partial charge in [-0.1, -0.05) is 61.9 Å². The average molecular weight is 697 g/mol. The van der Waals surface area contributed by atoms with Crippen LogP contribution in [0.3, 0.4) is 0 Å². The first-order valence-electron chi connectivity index (χ1n) is 14.5. The van der Waals surface area contributed by atoms with Crippen molar-refractivity contribution in [3.8, 4) is 17.2 Å². The Hall–Kier alpha value is -4.40. The van der Waals surface area contributed by atoms with Gasteiger partial charge >= 0.3 is 12.4 Å². The Morgan fingerprint density at radius 1 is 0.771 bits per heavy atom. The van der Waals surface area contributed by atoms with Crippen LogP contribution in [-0.2, 0) is 35.2 Å². The molecule has 0 aliphatic heterocycles. The summed E-state index contributed by atoms with van der Waals surface area (Å²) >= 11 is 0. The lowest BCUT2D eigenvalue weighted by molar-refractivity contribution is -0.376. The summed E-state index contributed by atoms with van der Waals surface area (Å²) in [6.45, 7) is 1.71. The van der Waals surface area contributed by atoms with Crippen LogP contribution in [0.4, 0.5) is 26.3 Å². The number of hydrogen-bond donors (Lipinski definition) is 2. The molecule has 2 N–H and O–H groups in total. The summed E-state index contributed by atoms with van der Waals surface area (Å²) < 4.78 is 125. The fraction of sp³-hybridized carbons (Fsp3) is 0.265. The van der Waals surface area contributed by atoms with Crippen molar-refractivity contribution in [2.24, 2.45) is 0 Å². The molecule has 4 aromatic carbocycles. The summed E-state index contributed by atoms with van der Waals surface area (Å²) in [5, 5.41) is 9.89. The van der Waals surface area contributed by atoms with Gasteiger partial charge in [-0.05, 0) is 65.9 Å². The van der Waals surface area contributed by atoms with Crippen LogP contribution in [0.2, 0.25) is 0 Å². The zero-order valence-electron chi connectivity index (χ0n) is 25.3. The van der Waals surface area contributed by atoms with E-state index in [1.165, 1.54) is 42.5 Å². The molecule has 0 aromatic heterocycles. The highest BCUT2D eigenvalue weighted by Crippen LogP contribution is 2.50. The third-order valence-corrected chi connectivity index (χ3v) is 8.27. The minimum Gasteiger partial charge on any atom is -0.488 e. The standard InChI is InChI=1S/C34H30F6O7S/c1-2-6-24-19-25(32(42,33(35,36)37)34(38,39)40)12-18-30(24)47-26-13-16-28(31(20-26)46-21-23-7-4-3-5-8-23)29(41)17-11-22-9-14-27(15-10-22)48(43,44)45/h3-5,7-10,12-16,18-20,42H,2,6,11,17,21H2,1H3,(H,43,44,45). The maximum absolute atomic E-state index is 13.5. The van der Waals surface area contributed by atoms with Crippen LogP contribution in [0.15, 0.2) is 95.9 Å². The van der Waals surface area contributed by atoms with Crippen molar-refractivity contribution < 1.29 is 58.7 Å². The van der Waals surface area contributed by atoms with Crippen molar-refractivity contribution >= 4 is 15.9 Å². The summed E-state index contributed by atoms with van der Waals surface area (Å²) in [5.41, 5.74) is -4.97. The molecule has 4 rings (SSSR count). The first kappa shape index (κ1) is 36.4. The Morgan fingerprint density at radius 2 is 1.42 bits per heavy atom. The van der Waals surface area contributed by atoms with Crippen LogP contribution >= 0.6 is 0 Å². The van der Waals surface area contributed by atoms with Gasteiger partial charge in [-0.25, -0.2) is 0 Å². The SMILES string of the molecule is CCCc1cc(C(O)(C(F)(F)F)C(F)(F)F)ccc1Oc1ccc(C(=O)CCc2ccc(S(=O)(=O)O)cc2)c(OCc2ccccc2)c1. The molecule has 0 bridgehead atoms. The summed E-state index contributed by atoms with van der Waals surface area (Å²) in [7, 11) is -4.38. The lowest BCUT2D eigenvalue weighted by atomic mass is 9.90. The average Bonchev–Trinajstić information content (AvgIpc) is 3.02. The number of ketones is 1. The monoisotopic (exact) mass is 696 g/mol. The first-order valence-corrected chi connectivity index (χ1v) is 16.0. The molecule has 0 radical (unpaired) electrons. The number of aryl methyl sites for hydroxylation is 2.